The van der Waals surface area contributed by atoms with E-state index in [1.807, 2.05) is 33.9 Å². The van der Waals surface area contributed by atoms with Gasteiger partial charge in [-0.25, -0.2) is 8.42 Å². The third kappa shape index (κ3) is 4.16. The standard InChI is InChI=1S/C15H23BrN2O2S/c1-6-7-18(11(2)3)21(19,20)15-9-13(10-17-5)8-14(16)12(15)4/h6,8-9,11,17H,1,7,10H2,2-5H3. The molecule has 118 valence electrons. The zero-order chi connectivity index (χ0) is 16.2. The van der Waals surface area contributed by atoms with Crippen LogP contribution in [0.4, 0.5) is 0 Å². The van der Waals surface area contributed by atoms with Crippen molar-refractivity contribution in [2.45, 2.75) is 38.3 Å². The molecule has 0 fully saturated rings. The van der Waals surface area contributed by atoms with Crippen molar-refractivity contribution in [3.8, 4) is 0 Å². The summed E-state index contributed by atoms with van der Waals surface area (Å²) in [6.07, 6.45) is 1.61. The molecule has 0 bridgehead atoms. The minimum atomic E-state index is -3.55. The number of halogens is 1. The zero-order valence-corrected chi connectivity index (χ0v) is 15.4. The molecule has 1 aromatic rings. The summed E-state index contributed by atoms with van der Waals surface area (Å²) in [7, 11) is -1.72. The fraction of sp³-hybridized carbons (Fsp3) is 0.467. The van der Waals surface area contributed by atoms with Crippen molar-refractivity contribution in [1.82, 2.24) is 9.62 Å². The third-order valence-electron chi connectivity index (χ3n) is 3.21. The molecule has 0 atom stereocenters. The molecule has 0 saturated heterocycles. The van der Waals surface area contributed by atoms with Crippen LogP contribution >= 0.6 is 15.9 Å². The molecule has 21 heavy (non-hydrogen) atoms. The van der Waals surface area contributed by atoms with Crippen LogP contribution in [0.2, 0.25) is 0 Å². The number of sulfonamides is 1. The molecule has 0 aliphatic rings. The normalized spacial score (nSPS) is 12.1. The van der Waals surface area contributed by atoms with E-state index in [9.17, 15) is 8.42 Å². The lowest BCUT2D eigenvalue weighted by Gasteiger charge is -2.26. The van der Waals surface area contributed by atoms with Crippen LogP contribution in [0.25, 0.3) is 0 Å². The van der Waals surface area contributed by atoms with Gasteiger partial charge in [0.15, 0.2) is 0 Å². The highest BCUT2D eigenvalue weighted by Crippen LogP contribution is 2.29. The molecule has 1 rings (SSSR count). The van der Waals surface area contributed by atoms with Gasteiger partial charge < -0.3 is 5.32 Å². The third-order valence-corrected chi connectivity index (χ3v) is 6.20. The molecule has 1 N–H and O–H groups in total. The largest absolute Gasteiger partial charge is 0.316 e. The van der Waals surface area contributed by atoms with Gasteiger partial charge in [0.1, 0.15) is 0 Å². The van der Waals surface area contributed by atoms with E-state index in [2.05, 4.69) is 27.8 Å². The number of hydrogen-bond donors (Lipinski definition) is 1. The van der Waals surface area contributed by atoms with Crippen molar-refractivity contribution in [3.05, 3.63) is 40.4 Å². The second-order valence-corrected chi connectivity index (χ2v) is 7.90. The number of benzene rings is 1. The van der Waals surface area contributed by atoms with Crippen LogP contribution in [-0.4, -0.2) is 32.4 Å². The van der Waals surface area contributed by atoms with E-state index in [1.54, 1.807) is 12.1 Å². The quantitative estimate of drug-likeness (QED) is 0.746. The van der Waals surface area contributed by atoms with Crippen molar-refractivity contribution >= 4 is 26.0 Å². The van der Waals surface area contributed by atoms with Gasteiger partial charge in [-0.1, -0.05) is 22.0 Å². The van der Waals surface area contributed by atoms with Gasteiger partial charge in [-0.2, -0.15) is 4.31 Å². The highest BCUT2D eigenvalue weighted by Gasteiger charge is 2.28. The first-order valence-corrected chi connectivity index (χ1v) is 9.05. The Bertz CT molecular complexity index is 612. The summed E-state index contributed by atoms with van der Waals surface area (Å²) in [6, 6.07) is 3.56. The van der Waals surface area contributed by atoms with Gasteiger partial charge >= 0.3 is 0 Å². The van der Waals surface area contributed by atoms with Crippen molar-refractivity contribution in [3.63, 3.8) is 0 Å². The summed E-state index contributed by atoms with van der Waals surface area (Å²) >= 11 is 3.45. The highest BCUT2D eigenvalue weighted by molar-refractivity contribution is 9.10. The van der Waals surface area contributed by atoms with E-state index < -0.39 is 10.0 Å². The van der Waals surface area contributed by atoms with E-state index in [1.165, 1.54) is 4.31 Å². The first-order chi connectivity index (χ1) is 9.75. The Kier molecular flexibility index (Phi) is 6.59. The molecule has 0 unspecified atom stereocenters. The molecule has 0 aliphatic heterocycles. The maximum absolute atomic E-state index is 12.9. The molecular formula is C15H23BrN2O2S. The Morgan fingerprint density at radius 1 is 1.43 bits per heavy atom. The fourth-order valence-corrected chi connectivity index (χ4v) is 4.67. The maximum Gasteiger partial charge on any atom is 0.243 e. The molecule has 4 nitrogen and oxygen atoms in total. The van der Waals surface area contributed by atoms with Gasteiger partial charge in [-0.15, -0.1) is 6.58 Å². The first-order valence-electron chi connectivity index (χ1n) is 6.82. The summed E-state index contributed by atoms with van der Waals surface area (Å²) in [5, 5.41) is 3.04. The minimum Gasteiger partial charge on any atom is -0.316 e. The van der Waals surface area contributed by atoms with Crippen molar-refractivity contribution in [1.29, 1.82) is 0 Å². The van der Waals surface area contributed by atoms with Crippen LogP contribution in [0.1, 0.15) is 25.0 Å². The van der Waals surface area contributed by atoms with Crippen LogP contribution in [0.3, 0.4) is 0 Å². The predicted molar refractivity (Wildman–Crippen MR) is 90.9 cm³/mol. The first kappa shape index (κ1) is 18.4. The molecule has 0 heterocycles. The lowest BCUT2D eigenvalue weighted by molar-refractivity contribution is 0.382. The Morgan fingerprint density at radius 2 is 2.05 bits per heavy atom. The molecule has 1 aromatic carbocycles. The Labute approximate surface area is 136 Å². The van der Waals surface area contributed by atoms with Crippen molar-refractivity contribution < 1.29 is 8.42 Å². The molecule has 0 aliphatic carbocycles. The van der Waals surface area contributed by atoms with E-state index in [0.717, 1.165) is 15.6 Å². The van der Waals surface area contributed by atoms with Crippen LogP contribution in [0.15, 0.2) is 34.2 Å². The Hall–Kier alpha value is -0.690. The monoisotopic (exact) mass is 374 g/mol. The summed E-state index contributed by atoms with van der Waals surface area (Å²) in [4.78, 5) is 0.345. The van der Waals surface area contributed by atoms with Gasteiger partial charge in [0.05, 0.1) is 4.90 Å². The van der Waals surface area contributed by atoms with Gasteiger partial charge in [0.25, 0.3) is 0 Å². The SMILES string of the molecule is C=CCN(C(C)C)S(=O)(=O)c1cc(CNC)cc(Br)c1C. The highest BCUT2D eigenvalue weighted by atomic mass is 79.9. The molecule has 0 saturated carbocycles. The topological polar surface area (TPSA) is 49.4 Å². The van der Waals surface area contributed by atoms with Gasteiger partial charge in [0, 0.05) is 23.6 Å². The Morgan fingerprint density at radius 3 is 2.52 bits per heavy atom. The smallest absolute Gasteiger partial charge is 0.243 e. The fourth-order valence-electron chi connectivity index (χ4n) is 2.12. The second kappa shape index (κ2) is 7.54. The molecule has 0 aromatic heterocycles. The van der Waals surface area contributed by atoms with Crippen LogP contribution in [0.5, 0.6) is 0 Å². The van der Waals surface area contributed by atoms with Gasteiger partial charge in [0.2, 0.25) is 10.0 Å². The summed E-state index contributed by atoms with van der Waals surface area (Å²) in [5.41, 5.74) is 1.65. The summed E-state index contributed by atoms with van der Waals surface area (Å²) in [6.45, 7) is 10.1. The molecule has 0 radical (unpaired) electrons. The van der Waals surface area contributed by atoms with Crippen LogP contribution < -0.4 is 5.32 Å². The van der Waals surface area contributed by atoms with Crippen LogP contribution in [-0.2, 0) is 16.6 Å². The molecule has 6 heteroatoms. The minimum absolute atomic E-state index is 0.126. The van der Waals surface area contributed by atoms with Gasteiger partial charge in [-0.05, 0) is 51.1 Å². The molecule has 0 amide bonds. The lowest BCUT2D eigenvalue weighted by atomic mass is 10.1. The average molecular weight is 375 g/mol. The summed E-state index contributed by atoms with van der Waals surface area (Å²) < 4.78 is 28.1. The molecule has 0 spiro atoms. The van der Waals surface area contributed by atoms with Crippen molar-refractivity contribution in [2.24, 2.45) is 0 Å². The lowest BCUT2D eigenvalue weighted by Crippen LogP contribution is -2.37. The van der Waals surface area contributed by atoms with Crippen molar-refractivity contribution in [2.75, 3.05) is 13.6 Å². The van der Waals surface area contributed by atoms with E-state index in [0.29, 0.717) is 18.0 Å². The molecular weight excluding hydrogens is 352 g/mol. The number of nitrogens with one attached hydrogen (secondary N) is 1. The Balaban J connectivity index is 3.45. The average Bonchev–Trinajstić information content (AvgIpc) is 2.39. The number of hydrogen-bond acceptors (Lipinski definition) is 3. The van der Waals surface area contributed by atoms with Crippen LogP contribution in [0, 0.1) is 6.92 Å². The van der Waals surface area contributed by atoms with E-state index >= 15 is 0 Å². The second-order valence-electron chi connectivity index (χ2n) is 5.19. The van der Waals surface area contributed by atoms with E-state index in [-0.39, 0.29) is 6.04 Å². The van der Waals surface area contributed by atoms with Gasteiger partial charge in [-0.3, -0.25) is 0 Å². The number of rotatable bonds is 7. The summed E-state index contributed by atoms with van der Waals surface area (Å²) in [5.74, 6) is 0. The number of nitrogens with zero attached hydrogens (tertiary/aromatic N) is 1. The maximum atomic E-state index is 12.9. The zero-order valence-electron chi connectivity index (χ0n) is 13.0. The van der Waals surface area contributed by atoms with E-state index in [4.69, 9.17) is 0 Å². The predicted octanol–water partition coefficient (Wildman–Crippen LogP) is 3.06.